The molecule has 1 unspecified atom stereocenters. The minimum absolute atomic E-state index is 0.0256. The first-order valence-electron chi connectivity index (χ1n) is 5.87. The molecular formula is C12H19N3O2. The standard InChI is InChI=1S/C12H19N3O2/c1-5-11(16)9(4)13-12(17)10-7-8(3)14-15(10)6-2/h7,9H,5-6H2,1-4H3,(H,13,17). The number of aromatic nitrogens is 2. The highest BCUT2D eigenvalue weighted by Gasteiger charge is 2.18. The molecule has 1 heterocycles. The van der Waals surface area contributed by atoms with Gasteiger partial charge in [0.1, 0.15) is 5.69 Å². The summed E-state index contributed by atoms with van der Waals surface area (Å²) >= 11 is 0. The smallest absolute Gasteiger partial charge is 0.270 e. The predicted octanol–water partition coefficient (Wildman–Crippen LogP) is 1.31. The van der Waals surface area contributed by atoms with Gasteiger partial charge in [0.15, 0.2) is 5.78 Å². The molecule has 1 amide bonds. The van der Waals surface area contributed by atoms with Gasteiger partial charge in [-0.3, -0.25) is 14.3 Å². The zero-order valence-corrected chi connectivity index (χ0v) is 10.8. The molecule has 1 N–H and O–H groups in total. The summed E-state index contributed by atoms with van der Waals surface area (Å²) in [6.07, 6.45) is 0.424. The van der Waals surface area contributed by atoms with Crippen LogP contribution in [0.1, 0.15) is 43.4 Å². The van der Waals surface area contributed by atoms with Gasteiger partial charge in [-0.2, -0.15) is 5.10 Å². The number of aryl methyl sites for hydroxylation is 2. The Kier molecular flexibility index (Phi) is 4.43. The number of hydrogen-bond acceptors (Lipinski definition) is 3. The van der Waals surface area contributed by atoms with Crippen LogP contribution in [0.2, 0.25) is 0 Å². The molecule has 0 aromatic carbocycles. The van der Waals surface area contributed by atoms with Crippen LogP contribution in [0.4, 0.5) is 0 Å². The third-order valence-corrected chi connectivity index (χ3v) is 2.61. The van der Waals surface area contributed by atoms with Gasteiger partial charge in [0.25, 0.3) is 5.91 Å². The summed E-state index contributed by atoms with van der Waals surface area (Å²) < 4.78 is 1.63. The Morgan fingerprint density at radius 3 is 2.65 bits per heavy atom. The van der Waals surface area contributed by atoms with Crippen LogP contribution in [0.5, 0.6) is 0 Å². The summed E-state index contributed by atoms with van der Waals surface area (Å²) in [5.41, 5.74) is 1.30. The monoisotopic (exact) mass is 237 g/mol. The third-order valence-electron chi connectivity index (χ3n) is 2.61. The quantitative estimate of drug-likeness (QED) is 0.839. The summed E-state index contributed by atoms with van der Waals surface area (Å²) in [5, 5.41) is 6.88. The summed E-state index contributed by atoms with van der Waals surface area (Å²) in [5.74, 6) is -0.223. The molecule has 1 aromatic heterocycles. The zero-order valence-electron chi connectivity index (χ0n) is 10.8. The van der Waals surface area contributed by atoms with E-state index in [4.69, 9.17) is 0 Å². The number of Topliss-reactive ketones (excluding diaryl/α,β-unsaturated/α-hetero) is 1. The van der Waals surface area contributed by atoms with Crippen LogP contribution in [0.15, 0.2) is 6.07 Å². The largest absolute Gasteiger partial charge is 0.341 e. The summed E-state index contributed by atoms with van der Waals surface area (Å²) in [7, 11) is 0. The summed E-state index contributed by atoms with van der Waals surface area (Å²) in [4.78, 5) is 23.3. The molecule has 0 bridgehead atoms. The van der Waals surface area contributed by atoms with Crippen molar-refractivity contribution in [1.82, 2.24) is 15.1 Å². The van der Waals surface area contributed by atoms with E-state index < -0.39 is 6.04 Å². The first-order chi connectivity index (χ1) is 7.99. The van der Waals surface area contributed by atoms with E-state index in [1.807, 2.05) is 13.8 Å². The van der Waals surface area contributed by atoms with E-state index in [9.17, 15) is 9.59 Å². The second-order valence-corrected chi connectivity index (χ2v) is 4.00. The number of carbonyl (C=O) groups excluding carboxylic acids is 2. The van der Waals surface area contributed by atoms with Gasteiger partial charge < -0.3 is 5.32 Å². The Morgan fingerprint density at radius 2 is 2.12 bits per heavy atom. The highest BCUT2D eigenvalue weighted by molar-refractivity contribution is 5.96. The van der Waals surface area contributed by atoms with Crippen molar-refractivity contribution in [2.24, 2.45) is 0 Å². The number of amides is 1. The first-order valence-corrected chi connectivity index (χ1v) is 5.87. The van der Waals surface area contributed by atoms with E-state index >= 15 is 0 Å². The second-order valence-electron chi connectivity index (χ2n) is 4.00. The number of nitrogens with one attached hydrogen (secondary N) is 1. The molecule has 5 nitrogen and oxygen atoms in total. The Morgan fingerprint density at radius 1 is 1.47 bits per heavy atom. The van der Waals surface area contributed by atoms with Crippen molar-refractivity contribution in [3.05, 3.63) is 17.5 Å². The molecule has 17 heavy (non-hydrogen) atoms. The molecule has 0 aliphatic carbocycles. The van der Waals surface area contributed by atoms with Crippen molar-refractivity contribution in [2.45, 2.75) is 46.7 Å². The predicted molar refractivity (Wildman–Crippen MR) is 64.9 cm³/mol. The van der Waals surface area contributed by atoms with E-state index in [0.29, 0.717) is 18.7 Å². The normalized spacial score (nSPS) is 12.2. The fourth-order valence-corrected chi connectivity index (χ4v) is 1.63. The lowest BCUT2D eigenvalue weighted by Gasteiger charge is -2.12. The van der Waals surface area contributed by atoms with Crippen LogP contribution in [0.3, 0.4) is 0 Å². The fourth-order valence-electron chi connectivity index (χ4n) is 1.63. The van der Waals surface area contributed by atoms with Gasteiger partial charge in [-0.25, -0.2) is 0 Å². The molecule has 1 rings (SSSR count). The Balaban J connectivity index is 2.79. The molecule has 0 fully saturated rings. The fraction of sp³-hybridized carbons (Fsp3) is 0.583. The lowest BCUT2D eigenvalue weighted by molar-refractivity contribution is -0.120. The molecule has 94 valence electrons. The maximum atomic E-state index is 11.9. The Bertz CT molecular complexity index is 423. The zero-order chi connectivity index (χ0) is 13.0. The van der Waals surface area contributed by atoms with Crippen LogP contribution in [0, 0.1) is 6.92 Å². The van der Waals surface area contributed by atoms with Crippen LogP contribution < -0.4 is 5.32 Å². The van der Waals surface area contributed by atoms with Gasteiger partial charge >= 0.3 is 0 Å². The van der Waals surface area contributed by atoms with Crippen molar-refractivity contribution in [2.75, 3.05) is 0 Å². The van der Waals surface area contributed by atoms with Crippen LogP contribution in [0.25, 0.3) is 0 Å². The van der Waals surface area contributed by atoms with Gasteiger partial charge in [-0.1, -0.05) is 6.92 Å². The maximum absolute atomic E-state index is 11.9. The molecule has 0 radical (unpaired) electrons. The molecule has 1 aromatic rings. The summed E-state index contributed by atoms with van der Waals surface area (Å²) in [6, 6.07) is 1.27. The van der Waals surface area contributed by atoms with Gasteiger partial charge in [-0.15, -0.1) is 0 Å². The molecular weight excluding hydrogens is 218 g/mol. The summed E-state index contributed by atoms with van der Waals surface area (Å²) in [6.45, 7) is 7.87. The number of ketones is 1. The number of carbonyl (C=O) groups is 2. The van der Waals surface area contributed by atoms with E-state index in [0.717, 1.165) is 5.69 Å². The van der Waals surface area contributed by atoms with Gasteiger partial charge in [0.05, 0.1) is 11.7 Å². The topological polar surface area (TPSA) is 64.0 Å². The van der Waals surface area contributed by atoms with Crippen molar-refractivity contribution in [3.8, 4) is 0 Å². The molecule has 0 aliphatic heterocycles. The van der Waals surface area contributed by atoms with Crippen LogP contribution >= 0.6 is 0 Å². The van der Waals surface area contributed by atoms with Gasteiger partial charge in [0, 0.05) is 13.0 Å². The highest BCUT2D eigenvalue weighted by Crippen LogP contribution is 2.04. The van der Waals surface area contributed by atoms with Crippen molar-refractivity contribution in [3.63, 3.8) is 0 Å². The minimum atomic E-state index is -0.451. The SMILES string of the molecule is CCC(=O)C(C)NC(=O)c1cc(C)nn1CC. The van der Waals surface area contributed by atoms with Crippen LogP contribution in [-0.2, 0) is 11.3 Å². The third kappa shape index (κ3) is 3.15. The lowest BCUT2D eigenvalue weighted by Crippen LogP contribution is -2.39. The second kappa shape index (κ2) is 5.61. The minimum Gasteiger partial charge on any atom is -0.341 e. The van der Waals surface area contributed by atoms with E-state index in [1.54, 1.807) is 24.6 Å². The molecule has 0 saturated heterocycles. The first kappa shape index (κ1) is 13.4. The Hall–Kier alpha value is -1.65. The molecule has 1 atom stereocenters. The lowest BCUT2D eigenvalue weighted by atomic mass is 10.1. The van der Waals surface area contributed by atoms with Crippen molar-refractivity contribution in [1.29, 1.82) is 0 Å². The number of nitrogens with zero attached hydrogens (tertiary/aromatic N) is 2. The van der Waals surface area contributed by atoms with E-state index in [2.05, 4.69) is 10.4 Å². The highest BCUT2D eigenvalue weighted by atomic mass is 16.2. The molecule has 0 aliphatic rings. The van der Waals surface area contributed by atoms with Crippen LogP contribution in [-0.4, -0.2) is 27.5 Å². The molecule has 5 heteroatoms. The molecule has 0 saturated carbocycles. The van der Waals surface area contributed by atoms with Gasteiger partial charge in [-0.05, 0) is 26.8 Å². The van der Waals surface area contributed by atoms with E-state index in [-0.39, 0.29) is 11.7 Å². The average Bonchev–Trinajstić information content (AvgIpc) is 2.69. The van der Waals surface area contributed by atoms with Gasteiger partial charge in [0.2, 0.25) is 0 Å². The molecule has 0 spiro atoms. The average molecular weight is 237 g/mol. The van der Waals surface area contributed by atoms with E-state index in [1.165, 1.54) is 0 Å². The van der Waals surface area contributed by atoms with Crippen molar-refractivity contribution < 1.29 is 9.59 Å². The maximum Gasteiger partial charge on any atom is 0.270 e. The number of rotatable bonds is 5. The number of hydrogen-bond donors (Lipinski definition) is 1. The van der Waals surface area contributed by atoms with Crippen molar-refractivity contribution >= 4 is 11.7 Å². The Labute approximate surface area is 101 Å².